The first-order valence-electron chi connectivity index (χ1n) is 6.33. The van der Waals surface area contributed by atoms with Gasteiger partial charge in [-0.05, 0) is 18.7 Å². The minimum absolute atomic E-state index is 0.146. The van der Waals surface area contributed by atoms with Gasteiger partial charge >= 0.3 is 0 Å². The van der Waals surface area contributed by atoms with Gasteiger partial charge in [0, 0.05) is 44.3 Å². The molecule has 1 saturated heterocycles. The van der Waals surface area contributed by atoms with Gasteiger partial charge in [-0.25, -0.2) is 4.39 Å². The van der Waals surface area contributed by atoms with E-state index in [9.17, 15) is 4.39 Å². The summed E-state index contributed by atoms with van der Waals surface area (Å²) < 4.78 is 15.8. The van der Waals surface area contributed by atoms with Crippen molar-refractivity contribution in [3.63, 3.8) is 0 Å². The molecule has 0 aliphatic carbocycles. The Morgan fingerprint density at radius 2 is 2.17 bits per heavy atom. The number of likely N-dealkylation sites (N-methyl/N-ethyl adjacent to an activating group) is 1. The number of hydrogen-bond acceptors (Lipinski definition) is 2. The number of aromatic nitrogens is 1. The summed E-state index contributed by atoms with van der Waals surface area (Å²) in [6, 6.07) is 5.65. The lowest BCUT2D eigenvalue weighted by Crippen LogP contribution is -2.43. The number of hydrogen-bond donors (Lipinski definition) is 1. The number of aryl methyl sites for hydroxylation is 1. The molecule has 1 aliphatic rings. The van der Waals surface area contributed by atoms with Gasteiger partial charge in [-0.3, -0.25) is 4.90 Å². The van der Waals surface area contributed by atoms with Crippen molar-refractivity contribution in [2.75, 3.05) is 26.7 Å². The molecule has 18 heavy (non-hydrogen) atoms. The molecule has 1 fully saturated rings. The number of nitrogens with one attached hydrogen (secondary N) is 1. The van der Waals surface area contributed by atoms with Gasteiger partial charge in [-0.2, -0.15) is 0 Å². The Morgan fingerprint density at radius 1 is 1.33 bits per heavy atom. The summed E-state index contributed by atoms with van der Waals surface area (Å²) >= 11 is 0. The smallest absolute Gasteiger partial charge is 0.147 e. The normalized spacial score (nSPS) is 21.6. The lowest BCUT2D eigenvalue weighted by atomic mass is 10.0. The van der Waals surface area contributed by atoms with Crippen molar-refractivity contribution in [3.05, 3.63) is 35.8 Å². The quantitative estimate of drug-likeness (QED) is 0.830. The fourth-order valence-corrected chi connectivity index (χ4v) is 2.87. The molecule has 96 valence electrons. The molecule has 1 aromatic heterocycles. The summed E-state index contributed by atoms with van der Waals surface area (Å²) in [5, 5.41) is 4.43. The first-order valence-corrected chi connectivity index (χ1v) is 6.33. The number of halogens is 1. The highest BCUT2D eigenvalue weighted by Crippen LogP contribution is 2.30. The van der Waals surface area contributed by atoms with Crippen LogP contribution in [0.25, 0.3) is 10.9 Å². The summed E-state index contributed by atoms with van der Waals surface area (Å²) in [6.45, 7) is 2.97. The Labute approximate surface area is 106 Å². The van der Waals surface area contributed by atoms with Crippen molar-refractivity contribution in [1.82, 2.24) is 14.8 Å². The van der Waals surface area contributed by atoms with Crippen molar-refractivity contribution < 1.29 is 4.39 Å². The highest BCUT2D eigenvalue weighted by atomic mass is 19.1. The molecule has 2 heterocycles. The number of rotatable bonds is 1. The highest BCUT2D eigenvalue weighted by molar-refractivity contribution is 5.85. The molecule has 2 aromatic rings. The molecule has 1 aromatic carbocycles. The summed E-state index contributed by atoms with van der Waals surface area (Å²) in [7, 11) is 4.04. The Hall–Kier alpha value is -1.39. The minimum atomic E-state index is -0.146. The van der Waals surface area contributed by atoms with Crippen LogP contribution in [0.3, 0.4) is 0 Å². The molecule has 0 amide bonds. The largest absolute Gasteiger partial charge is 0.348 e. The number of piperazine rings is 1. The van der Waals surface area contributed by atoms with E-state index in [0.29, 0.717) is 11.6 Å². The van der Waals surface area contributed by atoms with Crippen molar-refractivity contribution in [3.8, 4) is 0 Å². The van der Waals surface area contributed by atoms with Crippen molar-refractivity contribution in [2.45, 2.75) is 6.04 Å². The molecular weight excluding hydrogens is 229 g/mol. The zero-order valence-corrected chi connectivity index (χ0v) is 10.8. The van der Waals surface area contributed by atoms with E-state index in [1.807, 2.05) is 17.7 Å². The summed E-state index contributed by atoms with van der Waals surface area (Å²) in [6.07, 6.45) is 2.06. The van der Waals surface area contributed by atoms with Gasteiger partial charge in [0.2, 0.25) is 0 Å². The maximum Gasteiger partial charge on any atom is 0.147 e. The molecule has 1 atom stereocenters. The first-order chi connectivity index (χ1) is 8.68. The third-order valence-electron chi connectivity index (χ3n) is 3.85. The standard InChI is InChI=1S/C14H18FN3/c1-17-7-6-16-8-13(17)11-9-18(2)14-10(11)4-3-5-12(14)15/h3-5,9,13,16H,6-8H2,1-2H3. The van der Waals surface area contributed by atoms with Gasteiger partial charge < -0.3 is 9.88 Å². The topological polar surface area (TPSA) is 20.2 Å². The van der Waals surface area contributed by atoms with Crippen LogP contribution in [0.15, 0.2) is 24.4 Å². The van der Waals surface area contributed by atoms with Crippen LogP contribution >= 0.6 is 0 Å². The lowest BCUT2D eigenvalue weighted by Gasteiger charge is -2.33. The van der Waals surface area contributed by atoms with E-state index in [1.54, 1.807) is 6.07 Å². The second-order valence-corrected chi connectivity index (χ2v) is 5.03. The maximum atomic E-state index is 13.9. The lowest BCUT2D eigenvalue weighted by molar-refractivity contribution is 0.203. The molecule has 1 unspecified atom stereocenters. The Morgan fingerprint density at radius 3 is 2.94 bits per heavy atom. The van der Waals surface area contributed by atoms with E-state index in [1.165, 1.54) is 11.6 Å². The molecule has 3 nitrogen and oxygen atoms in total. The van der Waals surface area contributed by atoms with Gasteiger partial charge in [-0.1, -0.05) is 12.1 Å². The van der Waals surface area contributed by atoms with Crippen LogP contribution in [0.1, 0.15) is 11.6 Å². The number of para-hydroxylation sites is 1. The molecule has 0 spiro atoms. The fourth-order valence-electron chi connectivity index (χ4n) is 2.87. The Balaban J connectivity index is 2.15. The highest BCUT2D eigenvalue weighted by Gasteiger charge is 2.24. The molecule has 4 heteroatoms. The van der Waals surface area contributed by atoms with Gasteiger partial charge in [0.05, 0.1) is 5.52 Å². The van der Waals surface area contributed by atoms with Crippen LogP contribution in [0.2, 0.25) is 0 Å². The van der Waals surface area contributed by atoms with Crippen molar-refractivity contribution in [1.29, 1.82) is 0 Å². The predicted molar refractivity (Wildman–Crippen MR) is 71.1 cm³/mol. The Bertz CT molecular complexity index is 576. The second kappa shape index (κ2) is 4.37. The first kappa shape index (κ1) is 11.7. The van der Waals surface area contributed by atoms with Crippen LogP contribution in [0, 0.1) is 5.82 Å². The number of fused-ring (bicyclic) bond motifs is 1. The predicted octanol–water partition coefficient (Wildman–Crippen LogP) is 1.89. The molecule has 0 radical (unpaired) electrons. The van der Waals surface area contributed by atoms with E-state index in [-0.39, 0.29) is 5.82 Å². The summed E-state index contributed by atoms with van der Waals surface area (Å²) in [5.74, 6) is -0.146. The van der Waals surface area contributed by atoms with E-state index >= 15 is 0 Å². The zero-order chi connectivity index (χ0) is 12.7. The number of benzene rings is 1. The molecule has 0 bridgehead atoms. The maximum absolute atomic E-state index is 13.9. The van der Waals surface area contributed by atoms with Gasteiger partial charge in [-0.15, -0.1) is 0 Å². The molecule has 3 rings (SSSR count). The van der Waals surface area contributed by atoms with Crippen LogP contribution in [-0.2, 0) is 7.05 Å². The van der Waals surface area contributed by atoms with Crippen LogP contribution < -0.4 is 5.32 Å². The van der Waals surface area contributed by atoms with Crippen molar-refractivity contribution >= 4 is 10.9 Å². The van der Waals surface area contributed by atoms with E-state index in [2.05, 4.69) is 23.5 Å². The summed E-state index contributed by atoms with van der Waals surface area (Å²) in [4.78, 5) is 2.33. The fraction of sp³-hybridized carbons (Fsp3) is 0.429. The molecule has 1 aliphatic heterocycles. The Kier molecular flexibility index (Phi) is 2.84. The molecular formula is C14H18FN3. The molecule has 0 saturated carbocycles. The van der Waals surface area contributed by atoms with E-state index in [0.717, 1.165) is 25.0 Å². The van der Waals surface area contributed by atoms with Gasteiger partial charge in [0.1, 0.15) is 5.82 Å². The average molecular weight is 247 g/mol. The van der Waals surface area contributed by atoms with E-state index in [4.69, 9.17) is 0 Å². The molecule has 1 N–H and O–H groups in total. The second-order valence-electron chi connectivity index (χ2n) is 5.03. The van der Waals surface area contributed by atoms with Crippen LogP contribution in [0.5, 0.6) is 0 Å². The average Bonchev–Trinajstić information content (AvgIpc) is 2.69. The van der Waals surface area contributed by atoms with Crippen LogP contribution in [0.4, 0.5) is 4.39 Å². The SMILES string of the molecule is CN1CCNCC1c1cn(C)c2c(F)cccc12. The van der Waals surface area contributed by atoms with Gasteiger partial charge in [0.25, 0.3) is 0 Å². The number of nitrogens with zero attached hydrogens (tertiary/aromatic N) is 2. The third kappa shape index (κ3) is 1.72. The third-order valence-corrected chi connectivity index (χ3v) is 3.85. The van der Waals surface area contributed by atoms with Crippen molar-refractivity contribution in [2.24, 2.45) is 7.05 Å². The van der Waals surface area contributed by atoms with E-state index < -0.39 is 0 Å². The zero-order valence-electron chi connectivity index (χ0n) is 10.8. The van der Waals surface area contributed by atoms with Gasteiger partial charge in [0.15, 0.2) is 0 Å². The van der Waals surface area contributed by atoms with Crippen LogP contribution in [-0.4, -0.2) is 36.1 Å². The summed E-state index contributed by atoms with van der Waals surface area (Å²) in [5.41, 5.74) is 1.91. The monoisotopic (exact) mass is 247 g/mol. The minimum Gasteiger partial charge on any atom is -0.348 e.